The summed E-state index contributed by atoms with van der Waals surface area (Å²) in [4.78, 5) is 12.0. The van der Waals surface area contributed by atoms with Gasteiger partial charge < -0.3 is 5.11 Å². The number of ketones is 1. The lowest BCUT2D eigenvalue weighted by Gasteiger charge is -2.12. The van der Waals surface area contributed by atoms with Crippen molar-refractivity contribution in [3.8, 4) is 0 Å². The number of benzene rings is 2. The highest BCUT2D eigenvalue weighted by molar-refractivity contribution is 5.99. The van der Waals surface area contributed by atoms with E-state index in [0.29, 0.717) is 12.1 Å². The van der Waals surface area contributed by atoms with Crippen LogP contribution in [0.1, 0.15) is 27.6 Å². The lowest BCUT2D eigenvalue weighted by atomic mass is 9.99. The molecule has 2 rings (SSSR count). The minimum Gasteiger partial charge on any atom is -0.380 e. The molecule has 1 atom stereocenters. The van der Waals surface area contributed by atoms with Gasteiger partial charge >= 0.3 is 6.18 Å². The molecule has 0 aliphatic carbocycles. The number of aliphatic hydroxyl groups is 1. The minimum atomic E-state index is -4.83. The highest BCUT2D eigenvalue weighted by Crippen LogP contribution is 2.32. The van der Waals surface area contributed by atoms with Crippen molar-refractivity contribution in [2.75, 3.05) is 0 Å². The van der Waals surface area contributed by atoms with E-state index in [1.807, 2.05) is 0 Å². The summed E-state index contributed by atoms with van der Waals surface area (Å²) in [5, 5.41) is 9.87. The van der Waals surface area contributed by atoms with Gasteiger partial charge in [-0.2, -0.15) is 13.2 Å². The molecule has 2 nitrogen and oxygen atoms in total. The van der Waals surface area contributed by atoms with Crippen molar-refractivity contribution < 1.29 is 27.5 Å². The van der Waals surface area contributed by atoms with Crippen LogP contribution >= 0.6 is 0 Å². The van der Waals surface area contributed by atoms with E-state index in [4.69, 9.17) is 0 Å². The van der Waals surface area contributed by atoms with E-state index < -0.39 is 29.4 Å². The number of carbonyl (C=O) groups is 1. The molecule has 0 aromatic heterocycles. The fraction of sp³-hybridized carbons (Fsp3) is 0.133. The molecule has 1 N–H and O–H groups in total. The summed E-state index contributed by atoms with van der Waals surface area (Å²) in [6.45, 7) is 0. The van der Waals surface area contributed by atoms with Gasteiger partial charge in [-0.3, -0.25) is 4.79 Å². The minimum absolute atomic E-state index is 0.280. The van der Waals surface area contributed by atoms with Crippen molar-refractivity contribution in [1.82, 2.24) is 0 Å². The standard InChI is InChI=1S/C15H10F4O2/c16-12-8-10(6-7-11(12)15(17,18)19)14(21)13(20)9-4-2-1-3-5-9/h1-8,13,20H. The van der Waals surface area contributed by atoms with Crippen molar-refractivity contribution in [2.45, 2.75) is 12.3 Å². The average Bonchev–Trinajstić information content (AvgIpc) is 2.45. The summed E-state index contributed by atoms with van der Waals surface area (Å²) in [5.41, 5.74) is -1.49. The van der Waals surface area contributed by atoms with E-state index in [1.165, 1.54) is 12.1 Å². The molecule has 2 aromatic carbocycles. The quantitative estimate of drug-likeness (QED) is 0.692. The Kier molecular flexibility index (Phi) is 4.09. The highest BCUT2D eigenvalue weighted by Gasteiger charge is 2.34. The van der Waals surface area contributed by atoms with Crippen LogP contribution in [0.2, 0.25) is 0 Å². The van der Waals surface area contributed by atoms with E-state index in [-0.39, 0.29) is 11.1 Å². The van der Waals surface area contributed by atoms with E-state index in [1.54, 1.807) is 18.2 Å². The molecule has 0 heterocycles. The summed E-state index contributed by atoms with van der Waals surface area (Å²) in [5.74, 6) is -2.41. The van der Waals surface area contributed by atoms with Crippen molar-refractivity contribution in [3.05, 3.63) is 71.0 Å². The van der Waals surface area contributed by atoms with Crippen LogP contribution in [0.5, 0.6) is 0 Å². The van der Waals surface area contributed by atoms with Gasteiger partial charge in [0.25, 0.3) is 0 Å². The topological polar surface area (TPSA) is 37.3 Å². The summed E-state index contributed by atoms with van der Waals surface area (Å²) >= 11 is 0. The third-order valence-electron chi connectivity index (χ3n) is 2.92. The second kappa shape index (κ2) is 5.65. The van der Waals surface area contributed by atoms with E-state index in [9.17, 15) is 27.5 Å². The molecule has 1 unspecified atom stereocenters. The van der Waals surface area contributed by atoms with E-state index in [0.717, 1.165) is 6.07 Å². The molecule has 0 saturated heterocycles. The Morgan fingerprint density at radius 2 is 1.67 bits per heavy atom. The summed E-state index contributed by atoms with van der Waals surface area (Å²) in [7, 11) is 0. The first-order valence-corrected chi connectivity index (χ1v) is 5.94. The van der Waals surface area contributed by atoms with Gasteiger partial charge in [-0.15, -0.1) is 0 Å². The Labute approximate surface area is 117 Å². The molecular formula is C15H10F4O2. The number of carbonyl (C=O) groups excluding carboxylic acids is 1. The summed E-state index contributed by atoms with van der Waals surface area (Å²) in [6, 6.07) is 9.67. The Hall–Kier alpha value is -2.21. The Balaban J connectivity index is 2.31. The Bertz CT molecular complexity index is 650. The van der Waals surface area contributed by atoms with Crippen LogP contribution < -0.4 is 0 Å². The first-order valence-electron chi connectivity index (χ1n) is 5.94. The molecule has 21 heavy (non-hydrogen) atoms. The highest BCUT2D eigenvalue weighted by atomic mass is 19.4. The van der Waals surface area contributed by atoms with Crippen molar-refractivity contribution in [1.29, 1.82) is 0 Å². The van der Waals surface area contributed by atoms with Gasteiger partial charge in [0, 0.05) is 5.56 Å². The normalized spacial score (nSPS) is 13.0. The number of Topliss-reactive ketones (excluding diaryl/α,β-unsaturated/α-hetero) is 1. The predicted molar refractivity (Wildman–Crippen MR) is 67.1 cm³/mol. The molecular weight excluding hydrogens is 288 g/mol. The molecule has 0 fully saturated rings. The number of rotatable bonds is 3. The number of aliphatic hydroxyl groups excluding tert-OH is 1. The zero-order chi connectivity index (χ0) is 15.6. The molecule has 0 bridgehead atoms. The lowest BCUT2D eigenvalue weighted by molar-refractivity contribution is -0.140. The van der Waals surface area contributed by atoms with Gasteiger partial charge in [0.2, 0.25) is 0 Å². The van der Waals surface area contributed by atoms with E-state index >= 15 is 0 Å². The van der Waals surface area contributed by atoms with Crippen LogP contribution in [0.25, 0.3) is 0 Å². The van der Waals surface area contributed by atoms with Gasteiger partial charge in [-0.05, 0) is 17.7 Å². The van der Waals surface area contributed by atoms with Gasteiger partial charge in [0.1, 0.15) is 11.9 Å². The van der Waals surface area contributed by atoms with Crippen LogP contribution in [-0.4, -0.2) is 10.9 Å². The molecule has 0 aliphatic rings. The van der Waals surface area contributed by atoms with Crippen LogP contribution in [-0.2, 0) is 6.18 Å². The van der Waals surface area contributed by atoms with Crippen LogP contribution in [0, 0.1) is 5.82 Å². The van der Waals surface area contributed by atoms with E-state index in [2.05, 4.69) is 0 Å². The fourth-order valence-corrected chi connectivity index (χ4v) is 1.84. The van der Waals surface area contributed by atoms with Gasteiger partial charge in [0.15, 0.2) is 5.78 Å². The van der Waals surface area contributed by atoms with Crippen molar-refractivity contribution >= 4 is 5.78 Å². The summed E-state index contributed by atoms with van der Waals surface area (Å²) in [6.07, 6.45) is -6.38. The predicted octanol–water partition coefficient (Wildman–Crippen LogP) is 3.76. The third kappa shape index (κ3) is 3.28. The Morgan fingerprint density at radius 1 is 1.05 bits per heavy atom. The number of halogens is 4. The number of hydrogen-bond acceptors (Lipinski definition) is 2. The molecule has 0 aliphatic heterocycles. The SMILES string of the molecule is O=C(c1ccc(C(F)(F)F)c(F)c1)C(O)c1ccccc1. The van der Waals surface area contributed by atoms with Crippen LogP contribution in [0.4, 0.5) is 17.6 Å². The lowest BCUT2D eigenvalue weighted by Crippen LogP contribution is -2.14. The van der Waals surface area contributed by atoms with Crippen LogP contribution in [0.15, 0.2) is 48.5 Å². The maximum absolute atomic E-state index is 13.4. The average molecular weight is 298 g/mol. The summed E-state index contributed by atoms with van der Waals surface area (Å²) < 4.78 is 50.7. The molecule has 110 valence electrons. The van der Waals surface area contributed by atoms with Crippen molar-refractivity contribution in [3.63, 3.8) is 0 Å². The maximum atomic E-state index is 13.4. The molecule has 0 radical (unpaired) electrons. The van der Waals surface area contributed by atoms with Gasteiger partial charge in [-0.25, -0.2) is 4.39 Å². The second-order valence-corrected chi connectivity index (χ2v) is 4.37. The molecule has 0 amide bonds. The van der Waals surface area contributed by atoms with Crippen LogP contribution in [0.3, 0.4) is 0 Å². The molecule has 0 saturated carbocycles. The van der Waals surface area contributed by atoms with Gasteiger partial charge in [0.05, 0.1) is 5.56 Å². The first kappa shape index (κ1) is 15.2. The zero-order valence-corrected chi connectivity index (χ0v) is 10.6. The maximum Gasteiger partial charge on any atom is 0.419 e. The number of hydrogen-bond donors (Lipinski definition) is 1. The third-order valence-corrected chi connectivity index (χ3v) is 2.92. The number of alkyl halides is 3. The van der Waals surface area contributed by atoms with Gasteiger partial charge in [-0.1, -0.05) is 36.4 Å². The largest absolute Gasteiger partial charge is 0.419 e. The first-order chi connectivity index (χ1) is 9.80. The fourth-order valence-electron chi connectivity index (χ4n) is 1.84. The zero-order valence-electron chi connectivity index (χ0n) is 10.6. The molecule has 2 aromatic rings. The van der Waals surface area contributed by atoms with Crippen molar-refractivity contribution in [2.24, 2.45) is 0 Å². The monoisotopic (exact) mass is 298 g/mol. The molecule has 0 spiro atoms. The smallest absolute Gasteiger partial charge is 0.380 e. The Morgan fingerprint density at radius 3 is 2.19 bits per heavy atom. The molecule has 6 heteroatoms. The second-order valence-electron chi connectivity index (χ2n) is 4.37.